The van der Waals surface area contributed by atoms with Gasteiger partial charge in [0.25, 0.3) is 5.69 Å². The fraction of sp³-hybridized carbons (Fsp3) is 0.250. The van der Waals surface area contributed by atoms with Gasteiger partial charge in [-0.3, -0.25) is 14.8 Å². The molecule has 0 aliphatic rings. The van der Waals surface area contributed by atoms with E-state index in [9.17, 15) is 10.1 Å². The van der Waals surface area contributed by atoms with Crippen LogP contribution in [-0.2, 0) is 13.1 Å². The second kappa shape index (κ2) is 5.71. The number of non-ortho nitro benzene ring substituents is 1. The van der Waals surface area contributed by atoms with Gasteiger partial charge in [0.15, 0.2) is 0 Å². The molecular formula is C12H13ClN4O2. The van der Waals surface area contributed by atoms with Gasteiger partial charge in [0, 0.05) is 36.4 Å². The Morgan fingerprint density at radius 2 is 2.32 bits per heavy atom. The Kier molecular flexibility index (Phi) is 4.01. The van der Waals surface area contributed by atoms with Crippen LogP contribution in [0, 0.1) is 10.1 Å². The predicted octanol–water partition coefficient (Wildman–Crippen LogP) is 3.08. The number of aryl methyl sites for hydroxylation is 1. The fourth-order valence-corrected chi connectivity index (χ4v) is 1.82. The van der Waals surface area contributed by atoms with Crippen molar-refractivity contribution in [3.63, 3.8) is 0 Å². The van der Waals surface area contributed by atoms with E-state index in [1.165, 1.54) is 18.2 Å². The number of anilines is 1. The highest BCUT2D eigenvalue weighted by Crippen LogP contribution is 2.22. The van der Waals surface area contributed by atoms with Gasteiger partial charge in [-0.2, -0.15) is 5.10 Å². The molecule has 0 aliphatic carbocycles. The average Bonchev–Trinajstić information content (AvgIpc) is 2.85. The lowest BCUT2D eigenvalue weighted by Gasteiger charge is -2.05. The fourth-order valence-electron chi connectivity index (χ4n) is 1.64. The zero-order valence-corrected chi connectivity index (χ0v) is 11.1. The minimum Gasteiger partial charge on any atom is -0.378 e. The third-order valence-electron chi connectivity index (χ3n) is 2.68. The largest absolute Gasteiger partial charge is 0.378 e. The molecule has 0 bridgehead atoms. The van der Waals surface area contributed by atoms with E-state index in [-0.39, 0.29) is 5.69 Å². The molecule has 0 amide bonds. The lowest BCUT2D eigenvalue weighted by Crippen LogP contribution is -2.00. The number of benzene rings is 1. The van der Waals surface area contributed by atoms with Crippen molar-refractivity contribution in [3.05, 3.63) is 51.3 Å². The highest BCUT2D eigenvalue weighted by Gasteiger charge is 2.09. The third-order valence-corrected chi connectivity index (χ3v) is 3.05. The topological polar surface area (TPSA) is 73.0 Å². The summed E-state index contributed by atoms with van der Waals surface area (Å²) in [7, 11) is 0. The predicted molar refractivity (Wildman–Crippen MR) is 73.3 cm³/mol. The van der Waals surface area contributed by atoms with Gasteiger partial charge < -0.3 is 5.32 Å². The number of halogens is 1. The van der Waals surface area contributed by atoms with Gasteiger partial charge in [0.2, 0.25) is 0 Å². The molecule has 100 valence electrons. The van der Waals surface area contributed by atoms with Crippen molar-refractivity contribution in [2.24, 2.45) is 0 Å². The van der Waals surface area contributed by atoms with Crippen LogP contribution in [0.1, 0.15) is 12.5 Å². The molecule has 1 heterocycles. The van der Waals surface area contributed by atoms with Crippen molar-refractivity contribution in [1.82, 2.24) is 9.78 Å². The van der Waals surface area contributed by atoms with Crippen LogP contribution in [0.4, 0.5) is 11.4 Å². The second-order valence-electron chi connectivity index (χ2n) is 3.97. The van der Waals surface area contributed by atoms with E-state index in [1.807, 2.05) is 13.1 Å². The first-order valence-corrected chi connectivity index (χ1v) is 6.17. The molecule has 0 aliphatic heterocycles. The van der Waals surface area contributed by atoms with Crippen LogP contribution < -0.4 is 5.32 Å². The van der Waals surface area contributed by atoms with Crippen molar-refractivity contribution in [2.45, 2.75) is 20.0 Å². The second-order valence-corrected chi connectivity index (χ2v) is 4.38. The standard InChI is InChI=1S/C12H13ClN4O2/c1-2-16-8-10(7-15-16)14-6-9-5-11(17(18)19)3-4-12(9)13/h3-5,7-8,14H,2,6H2,1H3. The van der Waals surface area contributed by atoms with Gasteiger partial charge >= 0.3 is 0 Å². The molecule has 1 aromatic carbocycles. The molecule has 0 saturated heterocycles. The number of rotatable bonds is 5. The third kappa shape index (κ3) is 3.23. The van der Waals surface area contributed by atoms with Gasteiger partial charge in [-0.25, -0.2) is 0 Å². The summed E-state index contributed by atoms with van der Waals surface area (Å²) < 4.78 is 1.79. The Bertz CT molecular complexity index is 597. The van der Waals surface area contributed by atoms with E-state index in [4.69, 9.17) is 11.6 Å². The van der Waals surface area contributed by atoms with Crippen LogP contribution in [0.15, 0.2) is 30.6 Å². The SMILES string of the molecule is CCn1cc(NCc2cc([N+](=O)[O-])ccc2Cl)cn1. The van der Waals surface area contributed by atoms with E-state index in [0.717, 1.165) is 12.2 Å². The monoisotopic (exact) mass is 280 g/mol. The molecular weight excluding hydrogens is 268 g/mol. The summed E-state index contributed by atoms with van der Waals surface area (Å²) in [4.78, 5) is 10.3. The number of aromatic nitrogens is 2. The zero-order valence-electron chi connectivity index (χ0n) is 10.3. The number of nitrogens with one attached hydrogen (secondary N) is 1. The molecule has 0 unspecified atom stereocenters. The first kappa shape index (κ1) is 13.4. The Labute approximate surface area is 115 Å². The summed E-state index contributed by atoms with van der Waals surface area (Å²) in [5.41, 5.74) is 1.56. The maximum Gasteiger partial charge on any atom is 0.269 e. The Morgan fingerprint density at radius 1 is 1.53 bits per heavy atom. The molecule has 0 saturated carbocycles. The van der Waals surface area contributed by atoms with E-state index in [0.29, 0.717) is 17.1 Å². The van der Waals surface area contributed by atoms with Crippen molar-refractivity contribution in [2.75, 3.05) is 5.32 Å². The number of nitrogens with zero attached hydrogens (tertiary/aromatic N) is 3. The molecule has 7 heteroatoms. The summed E-state index contributed by atoms with van der Waals surface area (Å²) in [6.45, 7) is 3.20. The van der Waals surface area contributed by atoms with E-state index in [2.05, 4.69) is 10.4 Å². The molecule has 2 aromatic rings. The zero-order chi connectivity index (χ0) is 13.8. The maximum atomic E-state index is 10.7. The molecule has 6 nitrogen and oxygen atoms in total. The maximum absolute atomic E-state index is 10.7. The van der Waals surface area contributed by atoms with Crippen molar-refractivity contribution >= 4 is 23.0 Å². The van der Waals surface area contributed by atoms with Crippen LogP contribution in [0.25, 0.3) is 0 Å². The Balaban J connectivity index is 2.10. The minimum absolute atomic E-state index is 0.0328. The summed E-state index contributed by atoms with van der Waals surface area (Å²) in [6, 6.07) is 4.40. The smallest absolute Gasteiger partial charge is 0.269 e. The van der Waals surface area contributed by atoms with E-state index >= 15 is 0 Å². The molecule has 19 heavy (non-hydrogen) atoms. The summed E-state index contributed by atoms with van der Waals surface area (Å²) in [6.07, 6.45) is 3.57. The highest BCUT2D eigenvalue weighted by molar-refractivity contribution is 6.31. The Morgan fingerprint density at radius 3 is 2.95 bits per heavy atom. The minimum atomic E-state index is -0.436. The van der Waals surface area contributed by atoms with Crippen LogP contribution in [0.2, 0.25) is 5.02 Å². The number of nitro groups is 1. The van der Waals surface area contributed by atoms with Gasteiger partial charge in [0.05, 0.1) is 16.8 Å². The number of nitro benzene ring substituents is 1. The molecule has 1 aromatic heterocycles. The van der Waals surface area contributed by atoms with Crippen molar-refractivity contribution < 1.29 is 4.92 Å². The Hall–Kier alpha value is -2.08. The molecule has 0 radical (unpaired) electrons. The van der Waals surface area contributed by atoms with E-state index in [1.54, 1.807) is 10.9 Å². The van der Waals surface area contributed by atoms with Crippen LogP contribution in [0.3, 0.4) is 0 Å². The summed E-state index contributed by atoms with van der Waals surface area (Å²) in [5.74, 6) is 0. The first-order valence-electron chi connectivity index (χ1n) is 5.79. The number of hydrogen-bond donors (Lipinski definition) is 1. The van der Waals surface area contributed by atoms with Crippen LogP contribution in [-0.4, -0.2) is 14.7 Å². The van der Waals surface area contributed by atoms with Gasteiger partial charge in [-0.1, -0.05) is 11.6 Å². The lowest BCUT2D eigenvalue weighted by atomic mass is 10.2. The highest BCUT2D eigenvalue weighted by atomic mass is 35.5. The molecule has 2 rings (SSSR count). The normalized spacial score (nSPS) is 10.4. The summed E-state index contributed by atoms with van der Waals surface area (Å²) >= 11 is 6.02. The van der Waals surface area contributed by atoms with E-state index < -0.39 is 4.92 Å². The van der Waals surface area contributed by atoms with Gasteiger partial charge in [-0.15, -0.1) is 0 Å². The summed E-state index contributed by atoms with van der Waals surface area (Å²) in [5, 5.41) is 18.5. The number of hydrogen-bond acceptors (Lipinski definition) is 4. The van der Waals surface area contributed by atoms with Crippen molar-refractivity contribution in [1.29, 1.82) is 0 Å². The molecule has 1 N–H and O–H groups in total. The quantitative estimate of drug-likeness (QED) is 0.675. The average molecular weight is 281 g/mol. The van der Waals surface area contributed by atoms with Gasteiger partial charge in [-0.05, 0) is 18.6 Å². The molecule has 0 spiro atoms. The first-order chi connectivity index (χ1) is 9.10. The molecule has 0 atom stereocenters. The lowest BCUT2D eigenvalue weighted by molar-refractivity contribution is -0.384. The van der Waals surface area contributed by atoms with Crippen LogP contribution >= 0.6 is 11.6 Å². The van der Waals surface area contributed by atoms with Crippen LogP contribution in [0.5, 0.6) is 0 Å². The van der Waals surface area contributed by atoms with Gasteiger partial charge in [0.1, 0.15) is 0 Å². The molecule has 0 fully saturated rings. The van der Waals surface area contributed by atoms with Crippen molar-refractivity contribution in [3.8, 4) is 0 Å².